The summed E-state index contributed by atoms with van der Waals surface area (Å²) in [5, 5.41) is 17.3. The number of sulfone groups is 1. The van der Waals surface area contributed by atoms with E-state index in [0.29, 0.717) is 12.2 Å². The average molecular weight is 296 g/mol. The predicted octanol–water partition coefficient (Wildman–Crippen LogP) is 1.28. The van der Waals surface area contributed by atoms with Crippen molar-refractivity contribution < 1.29 is 18.3 Å². The topological polar surface area (TPSA) is 98.5 Å². The lowest BCUT2D eigenvalue weighted by Crippen LogP contribution is -2.30. The fourth-order valence-corrected chi connectivity index (χ4v) is 2.65. The molecule has 1 N–H and O–H groups in total. The van der Waals surface area contributed by atoms with Crippen molar-refractivity contribution in [2.45, 2.75) is 18.2 Å². The van der Waals surface area contributed by atoms with E-state index in [4.69, 9.17) is 10.4 Å². The number of anilines is 1. The number of carboxylic acid groups (broad SMARTS) is 1. The molecule has 0 spiro atoms. The molecule has 0 fully saturated rings. The number of nitrogens with zero attached hydrogens (tertiary/aromatic N) is 2. The van der Waals surface area contributed by atoms with Gasteiger partial charge in [-0.05, 0) is 30.7 Å². The fraction of sp³-hybridized carbons (Fsp3) is 0.385. The summed E-state index contributed by atoms with van der Waals surface area (Å²) in [7, 11) is -3.58. The van der Waals surface area contributed by atoms with E-state index in [2.05, 4.69) is 0 Å². The molecule has 0 aliphatic carbocycles. The maximum atomic E-state index is 11.7. The van der Waals surface area contributed by atoms with Crippen LogP contribution in [0.25, 0.3) is 0 Å². The maximum Gasteiger partial charge on any atom is 0.323 e. The summed E-state index contributed by atoms with van der Waals surface area (Å²) in [5.74, 6) is -1.51. The van der Waals surface area contributed by atoms with E-state index in [-0.39, 0.29) is 11.4 Å². The minimum atomic E-state index is -3.58. The molecule has 6 nitrogen and oxygen atoms in total. The Kier molecular flexibility index (Phi) is 5.53. The Morgan fingerprint density at radius 1 is 1.35 bits per heavy atom. The smallest absolute Gasteiger partial charge is 0.323 e. The standard InChI is InChI=1S/C13H16N2O4S/c1-2-8-15(10-13(16)17)11-3-5-12(6-4-11)20(18,19)9-7-14/h3-6H,2,8-10H2,1H3,(H,16,17). The summed E-state index contributed by atoms with van der Waals surface area (Å²) in [5.41, 5.74) is 0.644. The largest absolute Gasteiger partial charge is 0.480 e. The van der Waals surface area contributed by atoms with Crippen LogP contribution in [0.3, 0.4) is 0 Å². The Labute approximate surface area is 118 Å². The highest BCUT2D eigenvalue weighted by Gasteiger charge is 2.15. The molecule has 1 aromatic carbocycles. The Bertz CT molecular complexity index is 602. The number of rotatable bonds is 7. The predicted molar refractivity (Wildman–Crippen MR) is 74.2 cm³/mol. The number of benzene rings is 1. The van der Waals surface area contributed by atoms with Gasteiger partial charge in [0.25, 0.3) is 0 Å². The number of carboxylic acids is 1. The maximum absolute atomic E-state index is 11.7. The zero-order chi connectivity index (χ0) is 15.2. The number of carbonyl (C=O) groups is 1. The molecule has 0 radical (unpaired) electrons. The van der Waals surface area contributed by atoms with Crippen molar-refractivity contribution in [3.8, 4) is 6.07 Å². The molecular weight excluding hydrogens is 280 g/mol. The van der Waals surface area contributed by atoms with Gasteiger partial charge in [0.15, 0.2) is 9.84 Å². The van der Waals surface area contributed by atoms with Gasteiger partial charge in [0.1, 0.15) is 12.3 Å². The molecule has 0 aliphatic heterocycles. The highest BCUT2D eigenvalue weighted by molar-refractivity contribution is 7.91. The van der Waals surface area contributed by atoms with Gasteiger partial charge in [0, 0.05) is 12.2 Å². The molecule has 0 atom stereocenters. The number of nitriles is 1. The molecule has 0 amide bonds. The first kappa shape index (κ1) is 16.0. The zero-order valence-electron chi connectivity index (χ0n) is 11.1. The van der Waals surface area contributed by atoms with E-state index < -0.39 is 21.6 Å². The molecule has 0 saturated carbocycles. The normalized spacial score (nSPS) is 10.8. The third kappa shape index (κ3) is 4.24. The molecule has 1 rings (SSSR count). The second kappa shape index (κ2) is 6.91. The van der Waals surface area contributed by atoms with E-state index in [1.165, 1.54) is 12.1 Å². The summed E-state index contributed by atoms with van der Waals surface area (Å²) in [6.45, 7) is 2.36. The minimum Gasteiger partial charge on any atom is -0.480 e. The van der Waals surface area contributed by atoms with Crippen LogP contribution < -0.4 is 4.90 Å². The van der Waals surface area contributed by atoms with Crippen molar-refractivity contribution >= 4 is 21.5 Å². The Hall–Kier alpha value is -2.07. The molecule has 0 heterocycles. The van der Waals surface area contributed by atoms with Gasteiger partial charge in [-0.3, -0.25) is 4.79 Å². The quantitative estimate of drug-likeness (QED) is 0.814. The van der Waals surface area contributed by atoms with Crippen molar-refractivity contribution in [1.29, 1.82) is 5.26 Å². The number of hydrogen-bond donors (Lipinski definition) is 1. The molecular formula is C13H16N2O4S. The third-order valence-corrected chi connectivity index (χ3v) is 4.13. The van der Waals surface area contributed by atoms with Crippen LogP contribution in [0.5, 0.6) is 0 Å². The fourth-order valence-electron chi connectivity index (χ4n) is 1.77. The molecule has 0 bridgehead atoms. The second-order valence-electron chi connectivity index (χ2n) is 4.23. The zero-order valence-corrected chi connectivity index (χ0v) is 11.9. The van der Waals surface area contributed by atoms with Crippen LogP contribution in [-0.4, -0.2) is 38.3 Å². The van der Waals surface area contributed by atoms with Crippen LogP contribution in [-0.2, 0) is 14.6 Å². The van der Waals surface area contributed by atoms with Crippen LogP contribution in [0.1, 0.15) is 13.3 Å². The molecule has 0 aliphatic rings. The molecule has 20 heavy (non-hydrogen) atoms. The van der Waals surface area contributed by atoms with E-state index in [9.17, 15) is 13.2 Å². The van der Waals surface area contributed by atoms with Gasteiger partial charge >= 0.3 is 5.97 Å². The van der Waals surface area contributed by atoms with E-state index >= 15 is 0 Å². The minimum absolute atomic E-state index is 0.0644. The van der Waals surface area contributed by atoms with Crippen molar-refractivity contribution in [2.75, 3.05) is 23.7 Å². The van der Waals surface area contributed by atoms with Crippen LogP contribution in [0.2, 0.25) is 0 Å². The number of hydrogen-bond acceptors (Lipinski definition) is 5. The Morgan fingerprint density at radius 2 is 1.95 bits per heavy atom. The van der Waals surface area contributed by atoms with E-state index in [0.717, 1.165) is 6.42 Å². The summed E-state index contributed by atoms with van der Waals surface area (Å²) in [6.07, 6.45) is 0.780. The lowest BCUT2D eigenvalue weighted by molar-refractivity contribution is -0.135. The highest BCUT2D eigenvalue weighted by atomic mass is 32.2. The van der Waals surface area contributed by atoms with Gasteiger partial charge < -0.3 is 10.0 Å². The van der Waals surface area contributed by atoms with Crippen molar-refractivity contribution in [3.63, 3.8) is 0 Å². The van der Waals surface area contributed by atoms with E-state index in [1.54, 1.807) is 23.1 Å². The monoisotopic (exact) mass is 296 g/mol. The SMILES string of the molecule is CCCN(CC(=O)O)c1ccc(S(=O)(=O)CC#N)cc1. The molecule has 108 valence electrons. The first-order valence-corrected chi connectivity index (χ1v) is 7.72. The van der Waals surface area contributed by atoms with E-state index in [1.807, 2.05) is 6.92 Å². The average Bonchev–Trinajstić information content (AvgIpc) is 2.38. The van der Waals surface area contributed by atoms with Crippen LogP contribution in [0.15, 0.2) is 29.2 Å². The number of aliphatic carboxylic acids is 1. The molecule has 0 saturated heterocycles. The summed E-state index contributed by atoms with van der Waals surface area (Å²) in [4.78, 5) is 12.5. The van der Waals surface area contributed by atoms with Crippen LogP contribution >= 0.6 is 0 Å². The first-order chi connectivity index (χ1) is 9.40. The van der Waals surface area contributed by atoms with Crippen molar-refractivity contribution in [3.05, 3.63) is 24.3 Å². The van der Waals surface area contributed by atoms with Crippen molar-refractivity contribution in [2.24, 2.45) is 0 Å². The summed E-state index contributed by atoms with van der Waals surface area (Å²) in [6, 6.07) is 7.52. The van der Waals surface area contributed by atoms with Gasteiger partial charge in [0.05, 0.1) is 11.0 Å². The molecule has 1 aromatic rings. The molecule has 0 aromatic heterocycles. The summed E-state index contributed by atoms with van der Waals surface area (Å²) < 4.78 is 23.4. The van der Waals surface area contributed by atoms with Gasteiger partial charge in [-0.2, -0.15) is 5.26 Å². The van der Waals surface area contributed by atoms with Crippen LogP contribution in [0.4, 0.5) is 5.69 Å². The Morgan fingerprint density at radius 3 is 2.40 bits per heavy atom. The van der Waals surface area contributed by atoms with Crippen molar-refractivity contribution in [1.82, 2.24) is 0 Å². The van der Waals surface area contributed by atoms with Gasteiger partial charge in [-0.25, -0.2) is 8.42 Å². The van der Waals surface area contributed by atoms with Crippen LogP contribution in [0, 0.1) is 11.3 Å². The summed E-state index contributed by atoms with van der Waals surface area (Å²) >= 11 is 0. The molecule has 7 heteroatoms. The highest BCUT2D eigenvalue weighted by Crippen LogP contribution is 2.19. The van der Waals surface area contributed by atoms with Gasteiger partial charge in [0.2, 0.25) is 0 Å². The molecule has 0 unspecified atom stereocenters. The lowest BCUT2D eigenvalue weighted by atomic mass is 10.2. The van der Waals surface area contributed by atoms with Gasteiger partial charge in [-0.1, -0.05) is 6.92 Å². The van der Waals surface area contributed by atoms with Gasteiger partial charge in [-0.15, -0.1) is 0 Å². The Balaban J connectivity index is 3.00. The lowest BCUT2D eigenvalue weighted by Gasteiger charge is -2.22. The first-order valence-electron chi connectivity index (χ1n) is 6.07. The third-order valence-electron chi connectivity index (χ3n) is 2.64. The second-order valence-corrected chi connectivity index (χ2v) is 6.22.